The second-order valence-electron chi connectivity index (χ2n) is 4.27. The third-order valence-corrected chi connectivity index (χ3v) is 3.08. The molecule has 3 nitrogen and oxygen atoms in total. The molecule has 0 radical (unpaired) electrons. The second kappa shape index (κ2) is 7.72. The summed E-state index contributed by atoms with van der Waals surface area (Å²) in [6.45, 7) is 4.35. The Hall–Kier alpha value is -0.540. The third kappa shape index (κ3) is 5.55. The molecule has 96 valence electrons. The summed E-state index contributed by atoms with van der Waals surface area (Å²) in [5, 5.41) is 11.5. The van der Waals surface area contributed by atoms with E-state index in [9.17, 15) is 0 Å². The zero-order valence-corrected chi connectivity index (χ0v) is 11.9. The lowest BCUT2D eigenvalue weighted by Gasteiger charge is -2.15. The number of unbranched alkanes of at least 4 members (excludes halogenated alkanes) is 3. The molecular formula is C12H19Cl2N3. The van der Waals surface area contributed by atoms with Crippen LogP contribution in [0, 0.1) is 0 Å². The van der Waals surface area contributed by atoms with Crippen molar-refractivity contribution in [3.05, 3.63) is 16.4 Å². The van der Waals surface area contributed by atoms with E-state index in [0.29, 0.717) is 16.3 Å². The smallest absolute Gasteiger partial charge is 0.174 e. The van der Waals surface area contributed by atoms with Crippen LogP contribution in [0.3, 0.4) is 0 Å². The minimum Gasteiger partial charge on any atom is -0.380 e. The van der Waals surface area contributed by atoms with E-state index >= 15 is 0 Å². The number of nitrogens with one attached hydrogen (secondary N) is 1. The molecule has 0 aliphatic rings. The highest BCUT2D eigenvalue weighted by molar-refractivity contribution is 6.33. The summed E-state index contributed by atoms with van der Waals surface area (Å²) >= 11 is 11.7. The summed E-state index contributed by atoms with van der Waals surface area (Å²) in [5.41, 5.74) is 0.759. The van der Waals surface area contributed by atoms with Gasteiger partial charge >= 0.3 is 0 Å². The fourth-order valence-electron chi connectivity index (χ4n) is 1.67. The van der Waals surface area contributed by atoms with Gasteiger partial charge in [-0.3, -0.25) is 0 Å². The number of hydrogen-bond donors (Lipinski definition) is 1. The summed E-state index contributed by atoms with van der Waals surface area (Å²) in [5.74, 6) is 0. The van der Waals surface area contributed by atoms with Crippen LogP contribution < -0.4 is 5.32 Å². The SMILES string of the molecule is CCCCCCC(C)Nc1cc(Cl)nnc1Cl. The first kappa shape index (κ1) is 14.5. The van der Waals surface area contributed by atoms with E-state index in [0.717, 1.165) is 12.1 Å². The molecule has 1 atom stereocenters. The van der Waals surface area contributed by atoms with Gasteiger partial charge in [-0.25, -0.2) is 0 Å². The van der Waals surface area contributed by atoms with Crippen LogP contribution in [0.15, 0.2) is 6.07 Å². The number of hydrogen-bond acceptors (Lipinski definition) is 3. The molecule has 0 spiro atoms. The molecule has 1 heterocycles. The predicted octanol–water partition coefficient (Wildman–Crippen LogP) is 4.55. The van der Waals surface area contributed by atoms with Crippen molar-refractivity contribution in [2.75, 3.05) is 5.32 Å². The van der Waals surface area contributed by atoms with Gasteiger partial charge in [0.15, 0.2) is 10.3 Å². The Bertz CT molecular complexity index is 345. The van der Waals surface area contributed by atoms with Crippen LogP contribution in [0.2, 0.25) is 10.3 Å². The largest absolute Gasteiger partial charge is 0.380 e. The molecule has 0 aliphatic carbocycles. The molecular weight excluding hydrogens is 257 g/mol. The van der Waals surface area contributed by atoms with Gasteiger partial charge in [0.1, 0.15) is 0 Å². The van der Waals surface area contributed by atoms with Gasteiger partial charge in [-0.2, -0.15) is 0 Å². The van der Waals surface area contributed by atoms with Crippen LogP contribution in [0.25, 0.3) is 0 Å². The lowest BCUT2D eigenvalue weighted by Crippen LogP contribution is -2.15. The third-order valence-electron chi connectivity index (χ3n) is 2.61. The Balaban J connectivity index is 2.39. The van der Waals surface area contributed by atoms with Crippen LogP contribution in [0.1, 0.15) is 46.0 Å². The summed E-state index contributed by atoms with van der Waals surface area (Å²) in [7, 11) is 0. The van der Waals surface area contributed by atoms with Gasteiger partial charge in [0.2, 0.25) is 0 Å². The molecule has 0 bridgehead atoms. The molecule has 1 aromatic heterocycles. The van der Waals surface area contributed by atoms with Crippen molar-refractivity contribution in [2.24, 2.45) is 0 Å². The molecule has 0 aliphatic heterocycles. The Labute approximate surface area is 113 Å². The van der Waals surface area contributed by atoms with Gasteiger partial charge in [0.25, 0.3) is 0 Å². The van der Waals surface area contributed by atoms with Crippen molar-refractivity contribution in [3.8, 4) is 0 Å². The van der Waals surface area contributed by atoms with Gasteiger partial charge in [0, 0.05) is 12.1 Å². The Morgan fingerprint density at radius 3 is 2.71 bits per heavy atom. The molecule has 1 aromatic rings. The molecule has 0 amide bonds. The molecule has 1 N–H and O–H groups in total. The van der Waals surface area contributed by atoms with E-state index in [2.05, 4.69) is 29.4 Å². The maximum atomic E-state index is 5.93. The molecule has 17 heavy (non-hydrogen) atoms. The van der Waals surface area contributed by atoms with Crippen molar-refractivity contribution >= 4 is 28.9 Å². The topological polar surface area (TPSA) is 37.8 Å². The average molecular weight is 276 g/mol. The van der Waals surface area contributed by atoms with Crippen molar-refractivity contribution in [1.82, 2.24) is 10.2 Å². The molecule has 1 unspecified atom stereocenters. The van der Waals surface area contributed by atoms with Gasteiger partial charge in [-0.15, -0.1) is 10.2 Å². The maximum absolute atomic E-state index is 5.93. The highest BCUT2D eigenvalue weighted by atomic mass is 35.5. The Morgan fingerprint density at radius 2 is 2.00 bits per heavy atom. The highest BCUT2D eigenvalue weighted by Gasteiger charge is 2.07. The summed E-state index contributed by atoms with van der Waals surface area (Å²) in [6.07, 6.45) is 6.20. The number of anilines is 1. The van der Waals surface area contributed by atoms with Crippen LogP contribution in [-0.4, -0.2) is 16.2 Å². The van der Waals surface area contributed by atoms with Crippen molar-refractivity contribution in [1.29, 1.82) is 0 Å². The molecule has 0 aromatic carbocycles. The van der Waals surface area contributed by atoms with Gasteiger partial charge < -0.3 is 5.32 Å². The molecule has 0 fully saturated rings. The second-order valence-corrected chi connectivity index (χ2v) is 5.01. The van der Waals surface area contributed by atoms with E-state index in [1.807, 2.05) is 0 Å². The zero-order valence-electron chi connectivity index (χ0n) is 10.3. The normalized spacial score (nSPS) is 12.5. The van der Waals surface area contributed by atoms with Crippen molar-refractivity contribution in [3.63, 3.8) is 0 Å². The maximum Gasteiger partial charge on any atom is 0.174 e. The minimum absolute atomic E-state index is 0.357. The summed E-state index contributed by atoms with van der Waals surface area (Å²) < 4.78 is 0. The molecule has 5 heteroatoms. The lowest BCUT2D eigenvalue weighted by atomic mass is 10.1. The average Bonchev–Trinajstić information content (AvgIpc) is 2.29. The molecule has 0 saturated carbocycles. The van der Waals surface area contributed by atoms with Crippen LogP contribution in [0.4, 0.5) is 5.69 Å². The summed E-state index contributed by atoms with van der Waals surface area (Å²) in [6, 6.07) is 2.07. The van der Waals surface area contributed by atoms with Gasteiger partial charge in [-0.1, -0.05) is 55.8 Å². The quantitative estimate of drug-likeness (QED) is 0.742. The first-order chi connectivity index (χ1) is 8.13. The number of halogens is 2. The highest BCUT2D eigenvalue weighted by Crippen LogP contribution is 2.22. The van der Waals surface area contributed by atoms with E-state index in [1.54, 1.807) is 6.07 Å². The zero-order chi connectivity index (χ0) is 12.7. The number of nitrogens with zero attached hydrogens (tertiary/aromatic N) is 2. The van der Waals surface area contributed by atoms with Gasteiger partial charge in [-0.05, 0) is 13.3 Å². The van der Waals surface area contributed by atoms with E-state index in [1.165, 1.54) is 25.7 Å². The number of rotatable bonds is 7. The standard InChI is InChI=1S/C12H19Cl2N3/c1-3-4-5-6-7-9(2)15-10-8-11(13)16-17-12(10)14/h8-9H,3-7H2,1-2H3,(H,15,16). The van der Waals surface area contributed by atoms with E-state index in [4.69, 9.17) is 23.2 Å². The van der Waals surface area contributed by atoms with Crippen LogP contribution in [0.5, 0.6) is 0 Å². The monoisotopic (exact) mass is 275 g/mol. The fraction of sp³-hybridized carbons (Fsp3) is 0.667. The Kier molecular flexibility index (Phi) is 6.60. The van der Waals surface area contributed by atoms with Crippen molar-refractivity contribution < 1.29 is 0 Å². The first-order valence-electron chi connectivity index (χ1n) is 6.08. The van der Waals surface area contributed by atoms with E-state index < -0.39 is 0 Å². The number of aromatic nitrogens is 2. The van der Waals surface area contributed by atoms with Crippen LogP contribution in [-0.2, 0) is 0 Å². The molecule has 0 saturated heterocycles. The predicted molar refractivity (Wildman–Crippen MR) is 73.9 cm³/mol. The van der Waals surface area contributed by atoms with Crippen LogP contribution >= 0.6 is 23.2 Å². The summed E-state index contributed by atoms with van der Waals surface area (Å²) in [4.78, 5) is 0. The fourth-order valence-corrected chi connectivity index (χ4v) is 1.96. The molecule has 1 rings (SSSR count). The van der Waals surface area contributed by atoms with E-state index in [-0.39, 0.29) is 0 Å². The first-order valence-corrected chi connectivity index (χ1v) is 6.84. The minimum atomic E-state index is 0.357. The van der Waals surface area contributed by atoms with Gasteiger partial charge in [0.05, 0.1) is 5.69 Å². The lowest BCUT2D eigenvalue weighted by molar-refractivity contribution is 0.594. The van der Waals surface area contributed by atoms with Crippen molar-refractivity contribution in [2.45, 2.75) is 52.0 Å². The Morgan fingerprint density at radius 1 is 1.24 bits per heavy atom.